The molecule has 0 aliphatic heterocycles. The van der Waals surface area contributed by atoms with Crippen molar-refractivity contribution < 1.29 is 0 Å². The Balaban J connectivity index is 2.35. The van der Waals surface area contributed by atoms with Gasteiger partial charge in [0.05, 0.1) is 11.9 Å². The van der Waals surface area contributed by atoms with Gasteiger partial charge in [-0.3, -0.25) is 0 Å². The number of hydrogen-bond donors (Lipinski definition) is 2. The number of nitrogen functional groups attached to an aromatic ring is 2. The fourth-order valence-corrected chi connectivity index (χ4v) is 1.46. The number of pyridine rings is 1. The van der Waals surface area contributed by atoms with Crippen LogP contribution in [0.2, 0.25) is 0 Å². The summed E-state index contributed by atoms with van der Waals surface area (Å²) >= 11 is 0. The van der Waals surface area contributed by atoms with Crippen LogP contribution in [0.5, 0.6) is 0 Å². The zero-order chi connectivity index (χ0) is 11.5. The minimum atomic E-state index is 0.355. The molecule has 2 heterocycles. The standard InChI is InChI=1S/C10H14N6/c1-2-3-7-6-16(15-14-7)8-4-5-9(11)13-10(8)12/h4-6H,2-3H2,1H3,(H4,11,12,13). The SMILES string of the molecule is CCCc1cn(-c2ccc(N)nc2N)nn1. The summed E-state index contributed by atoms with van der Waals surface area (Å²) in [5, 5.41) is 8.05. The highest BCUT2D eigenvalue weighted by molar-refractivity contribution is 5.55. The summed E-state index contributed by atoms with van der Waals surface area (Å²) in [7, 11) is 0. The molecule has 6 heteroatoms. The molecule has 2 aromatic heterocycles. The Hall–Kier alpha value is -2.11. The van der Waals surface area contributed by atoms with E-state index in [0.717, 1.165) is 18.5 Å². The van der Waals surface area contributed by atoms with Crippen LogP contribution in [0.15, 0.2) is 18.3 Å². The van der Waals surface area contributed by atoms with Gasteiger partial charge in [-0.2, -0.15) is 0 Å². The van der Waals surface area contributed by atoms with Crippen molar-refractivity contribution in [2.75, 3.05) is 11.5 Å². The second kappa shape index (κ2) is 4.18. The van der Waals surface area contributed by atoms with Crippen LogP contribution in [0.25, 0.3) is 5.69 Å². The zero-order valence-corrected chi connectivity index (χ0v) is 9.09. The number of aryl methyl sites for hydroxylation is 1. The lowest BCUT2D eigenvalue weighted by Crippen LogP contribution is -2.04. The first kappa shape index (κ1) is 10.4. The number of nitrogens with two attached hydrogens (primary N) is 2. The first-order chi connectivity index (χ1) is 7.70. The summed E-state index contributed by atoms with van der Waals surface area (Å²) in [6.45, 7) is 2.10. The van der Waals surface area contributed by atoms with E-state index in [9.17, 15) is 0 Å². The molecule has 0 unspecified atom stereocenters. The molecule has 16 heavy (non-hydrogen) atoms. The lowest BCUT2D eigenvalue weighted by molar-refractivity contribution is 0.791. The van der Waals surface area contributed by atoms with E-state index in [2.05, 4.69) is 22.2 Å². The molecule has 0 radical (unpaired) electrons. The Kier molecular flexibility index (Phi) is 2.72. The van der Waals surface area contributed by atoms with E-state index in [0.29, 0.717) is 17.3 Å². The van der Waals surface area contributed by atoms with Crippen molar-refractivity contribution in [2.24, 2.45) is 0 Å². The van der Waals surface area contributed by atoms with E-state index < -0.39 is 0 Å². The fourth-order valence-electron chi connectivity index (χ4n) is 1.46. The summed E-state index contributed by atoms with van der Waals surface area (Å²) in [5.41, 5.74) is 12.9. The fraction of sp³-hybridized carbons (Fsp3) is 0.300. The Bertz CT molecular complexity index is 490. The van der Waals surface area contributed by atoms with Crippen molar-refractivity contribution in [3.05, 3.63) is 24.0 Å². The number of aromatic nitrogens is 4. The highest BCUT2D eigenvalue weighted by Gasteiger charge is 2.06. The molecule has 0 fully saturated rings. The second-order valence-corrected chi connectivity index (χ2v) is 3.54. The predicted octanol–water partition coefficient (Wildman–Crippen LogP) is 0.779. The summed E-state index contributed by atoms with van der Waals surface area (Å²) in [6, 6.07) is 3.47. The Morgan fingerprint density at radius 1 is 1.31 bits per heavy atom. The summed E-state index contributed by atoms with van der Waals surface area (Å²) in [4.78, 5) is 3.97. The molecule has 0 saturated heterocycles. The predicted molar refractivity (Wildman–Crippen MR) is 62.0 cm³/mol. The van der Waals surface area contributed by atoms with E-state index >= 15 is 0 Å². The monoisotopic (exact) mass is 218 g/mol. The van der Waals surface area contributed by atoms with Gasteiger partial charge in [0.2, 0.25) is 0 Å². The molecule has 0 amide bonds. The van der Waals surface area contributed by atoms with Crippen LogP contribution in [0.1, 0.15) is 19.0 Å². The normalized spacial score (nSPS) is 10.6. The number of rotatable bonds is 3. The minimum Gasteiger partial charge on any atom is -0.384 e. The van der Waals surface area contributed by atoms with Gasteiger partial charge in [0.1, 0.15) is 11.5 Å². The Morgan fingerprint density at radius 3 is 2.81 bits per heavy atom. The molecule has 0 saturated carbocycles. The van der Waals surface area contributed by atoms with Gasteiger partial charge in [0, 0.05) is 0 Å². The molecular formula is C10H14N6. The third-order valence-corrected chi connectivity index (χ3v) is 2.22. The van der Waals surface area contributed by atoms with Crippen LogP contribution < -0.4 is 11.5 Å². The maximum atomic E-state index is 5.76. The van der Waals surface area contributed by atoms with Crippen LogP contribution in [-0.2, 0) is 6.42 Å². The second-order valence-electron chi connectivity index (χ2n) is 3.54. The Labute approximate surface area is 93.3 Å². The molecule has 2 aromatic rings. The third kappa shape index (κ3) is 1.95. The van der Waals surface area contributed by atoms with Gasteiger partial charge in [0.25, 0.3) is 0 Å². The summed E-state index contributed by atoms with van der Waals surface area (Å²) < 4.78 is 1.62. The van der Waals surface area contributed by atoms with Gasteiger partial charge in [-0.25, -0.2) is 9.67 Å². The van der Waals surface area contributed by atoms with Gasteiger partial charge in [-0.1, -0.05) is 18.6 Å². The van der Waals surface area contributed by atoms with Gasteiger partial charge in [-0.15, -0.1) is 5.10 Å². The van der Waals surface area contributed by atoms with Crippen molar-refractivity contribution in [3.63, 3.8) is 0 Å². The molecule has 0 aliphatic carbocycles. The quantitative estimate of drug-likeness (QED) is 0.793. The highest BCUT2D eigenvalue weighted by atomic mass is 15.4. The first-order valence-corrected chi connectivity index (χ1v) is 5.14. The molecule has 0 spiro atoms. The lowest BCUT2D eigenvalue weighted by atomic mass is 10.3. The van der Waals surface area contributed by atoms with Crippen molar-refractivity contribution in [2.45, 2.75) is 19.8 Å². The lowest BCUT2D eigenvalue weighted by Gasteiger charge is -2.03. The van der Waals surface area contributed by atoms with Crippen molar-refractivity contribution in [1.29, 1.82) is 0 Å². The molecule has 0 bridgehead atoms. The van der Waals surface area contributed by atoms with Crippen LogP contribution in [-0.4, -0.2) is 20.0 Å². The largest absolute Gasteiger partial charge is 0.384 e. The molecular weight excluding hydrogens is 204 g/mol. The maximum Gasteiger partial charge on any atom is 0.151 e. The Morgan fingerprint density at radius 2 is 2.12 bits per heavy atom. The summed E-state index contributed by atoms with van der Waals surface area (Å²) in [5.74, 6) is 0.753. The van der Waals surface area contributed by atoms with E-state index in [-0.39, 0.29) is 0 Å². The van der Waals surface area contributed by atoms with E-state index in [4.69, 9.17) is 11.5 Å². The molecule has 84 valence electrons. The molecule has 0 aromatic carbocycles. The van der Waals surface area contributed by atoms with E-state index in [1.54, 1.807) is 16.8 Å². The molecule has 0 aliphatic rings. The van der Waals surface area contributed by atoms with Crippen LogP contribution in [0.4, 0.5) is 11.6 Å². The average molecular weight is 218 g/mol. The average Bonchev–Trinajstić information content (AvgIpc) is 2.67. The van der Waals surface area contributed by atoms with Crippen LogP contribution >= 0.6 is 0 Å². The topological polar surface area (TPSA) is 95.6 Å². The molecule has 4 N–H and O–H groups in total. The first-order valence-electron chi connectivity index (χ1n) is 5.14. The number of hydrogen-bond acceptors (Lipinski definition) is 5. The van der Waals surface area contributed by atoms with Gasteiger partial charge in [-0.05, 0) is 18.6 Å². The van der Waals surface area contributed by atoms with Crippen LogP contribution in [0.3, 0.4) is 0 Å². The van der Waals surface area contributed by atoms with Crippen molar-refractivity contribution >= 4 is 11.6 Å². The maximum absolute atomic E-state index is 5.76. The smallest absolute Gasteiger partial charge is 0.151 e. The molecule has 6 nitrogen and oxygen atoms in total. The third-order valence-electron chi connectivity index (χ3n) is 2.22. The molecule has 2 rings (SSSR count). The highest BCUT2D eigenvalue weighted by Crippen LogP contribution is 2.15. The number of anilines is 2. The van der Waals surface area contributed by atoms with E-state index in [1.165, 1.54) is 0 Å². The van der Waals surface area contributed by atoms with E-state index in [1.807, 2.05) is 6.20 Å². The molecule has 0 atom stereocenters. The number of nitrogens with zero attached hydrogens (tertiary/aromatic N) is 4. The minimum absolute atomic E-state index is 0.355. The van der Waals surface area contributed by atoms with Crippen molar-refractivity contribution in [1.82, 2.24) is 20.0 Å². The van der Waals surface area contributed by atoms with Gasteiger partial charge >= 0.3 is 0 Å². The van der Waals surface area contributed by atoms with Gasteiger partial charge < -0.3 is 11.5 Å². The van der Waals surface area contributed by atoms with Crippen molar-refractivity contribution in [3.8, 4) is 5.69 Å². The van der Waals surface area contributed by atoms with Gasteiger partial charge in [0.15, 0.2) is 5.82 Å². The summed E-state index contributed by atoms with van der Waals surface area (Å²) in [6.07, 6.45) is 3.80. The zero-order valence-electron chi connectivity index (χ0n) is 9.09. The van der Waals surface area contributed by atoms with Crippen LogP contribution in [0, 0.1) is 0 Å².